The third kappa shape index (κ3) is 6.69. The van der Waals surface area contributed by atoms with Crippen LogP contribution in [0.15, 0.2) is 18.2 Å². The van der Waals surface area contributed by atoms with Crippen LogP contribution in [0.1, 0.15) is 36.8 Å². The molecule has 0 aromatic heterocycles. The molecule has 0 spiro atoms. The Morgan fingerprint density at radius 1 is 0.968 bits per heavy atom. The van der Waals surface area contributed by atoms with E-state index in [0.29, 0.717) is 31.9 Å². The molecule has 174 valence electrons. The Morgan fingerprint density at radius 2 is 1.58 bits per heavy atom. The number of thiocarbonyl (C=S) groups is 1. The number of rotatable bonds is 4. The number of likely N-dealkylation sites (tertiary alicyclic amines) is 1. The number of ether oxygens (including phenoxy) is 1. The molecule has 0 aliphatic carbocycles. The molecule has 0 bridgehead atoms. The van der Waals surface area contributed by atoms with Crippen LogP contribution in [0.5, 0.6) is 0 Å². The Balaban J connectivity index is 1.72. The van der Waals surface area contributed by atoms with E-state index in [0.717, 1.165) is 45.3 Å². The Kier molecular flexibility index (Phi) is 7.69. The van der Waals surface area contributed by atoms with Gasteiger partial charge in [0.1, 0.15) is 0 Å². The van der Waals surface area contributed by atoms with Crippen molar-refractivity contribution >= 4 is 23.0 Å². The molecule has 11 heteroatoms. The third-order valence-electron chi connectivity index (χ3n) is 5.61. The van der Waals surface area contributed by atoms with Gasteiger partial charge in [0.2, 0.25) is 0 Å². The van der Waals surface area contributed by atoms with Crippen molar-refractivity contribution in [1.82, 2.24) is 9.80 Å². The maximum atomic E-state index is 13.1. The number of benzene rings is 1. The number of piperidine rings is 1. The van der Waals surface area contributed by atoms with Gasteiger partial charge in [-0.2, -0.15) is 26.3 Å². The molecule has 1 aromatic carbocycles. The van der Waals surface area contributed by atoms with E-state index in [2.05, 4.69) is 10.2 Å². The molecule has 2 aliphatic rings. The molecule has 1 N–H and O–H groups in total. The van der Waals surface area contributed by atoms with Crippen molar-refractivity contribution in [3.8, 4) is 0 Å². The summed E-state index contributed by atoms with van der Waals surface area (Å²) < 4.78 is 84.0. The molecule has 0 radical (unpaired) electrons. The number of anilines is 1. The fourth-order valence-corrected chi connectivity index (χ4v) is 4.31. The van der Waals surface area contributed by atoms with Crippen molar-refractivity contribution in [3.63, 3.8) is 0 Å². The van der Waals surface area contributed by atoms with E-state index in [9.17, 15) is 26.3 Å². The summed E-state index contributed by atoms with van der Waals surface area (Å²) in [7, 11) is 0. The van der Waals surface area contributed by atoms with E-state index in [4.69, 9.17) is 17.0 Å². The summed E-state index contributed by atoms with van der Waals surface area (Å²) in [5, 5.41) is 2.78. The minimum absolute atomic E-state index is 0.0875. The lowest BCUT2D eigenvalue weighted by Crippen LogP contribution is -2.47. The van der Waals surface area contributed by atoms with Gasteiger partial charge in [-0.05, 0) is 56.1 Å². The minimum atomic E-state index is -4.90. The van der Waals surface area contributed by atoms with Crippen molar-refractivity contribution in [2.24, 2.45) is 0 Å². The minimum Gasteiger partial charge on any atom is -0.379 e. The molecule has 0 saturated carbocycles. The third-order valence-corrected chi connectivity index (χ3v) is 5.95. The number of alkyl halides is 6. The fourth-order valence-electron chi connectivity index (χ4n) is 3.95. The summed E-state index contributed by atoms with van der Waals surface area (Å²) >= 11 is 5.40. The van der Waals surface area contributed by atoms with Crippen LogP contribution in [0.3, 0.4) is 0 Å². The maximum absolute atomic E-state index is 13.1. The highest BCUT2D eigenvalue weighted by Gasteiger charge is 2.37. The van der Waals surface area contributed by atoms with Gasteiger partial charge in [0.05, 0.1) is 24.3 Å². The van der Waals surface area contributed by atoms with Crippen molar-refractivity contribution < 1.29 is 31.1 Å². The average molecular weight is 469 g/mol. The first kappa shape index (κ1) is 24.1. The normalized spacial score (nSPS) is 21.2. The van der Waals surface area contributed by atoms with Crippen LogP contribution in [-0.4, -0.2) is 60.3 Å². The van der Waals surface area contributed by atoms with E-state index in [1.54, 1.807) is 0 Å². The summed E-state index contributed by atoms with van der Waals surface area (Å²) in [5.41, 5.74) is -3.05. The zero-order valence-corrected chi connectivity index (χ0v) is 17.7. The molecular formula is C20H25F6N3OS. The summed E-state index contributed by atoms with van der Waals surface area (Å²) in [5.74, 6) is 0. The maximum Gasteiger partial charge on any atom is 0.416 e. The summed E-state index contributed by atoms with van der Waals surface area (Å²) in [6.07, 6.45) is -6.22. The molecule has 4 nitrogen and oxygen atoms in total. The van der Waals surface area contributed by atoms with Crippen LogP contribution in [0.25, 0.3) is 0 Å². The lowest BCUT2D eigenvalue weighted by atomic mass is 9.99. The standard InChI is InChI=1S/C20H25F6N3OS/c21-19(22,23)14-11-15(20(24,25)26)13-16(12-14)27-18(31)29-5-2-1-3-17(29)4-6-28-7-9-30-10-8-28/h11-13,17H,1-10H2,(H,27,31). The first-order valence-corrected chi connectivity index (χ1v) is 10.6. The van der Waals surface area contributed by atoms with Crippen LogP contribution in [0.4, 0.5) is 32.0 Å². The highest BCUT2D eigenvalue weighted by Crippen LogP contribution is 2.37. The molecule has 1 unspecified atom stereocenters. The molecule has 1 atom stereocenters. The second-order valence-corrected chi connectivity index (χ2v) is 8.20. The van der Waals surface area contributed by atoms with E-state index in [1.807, 2.05) is 4.90 Å². The van der Waals surface area contributed by atoms with Crippen molar-refractivity contribution in [2.45, 2.75) is 44.1 Å². The van der Waals surface area contributed by atoms with E-state index in [1.165, 1.54) is 0 Å². The van der Waals surface area contributed by atoms with Gasteiger partial charge in [-0.15, -0.1) is 0 Å². The molecule has 2 heterocycles. The Bertz CT molecular complexity index is 732. The lowest BCUT2D eigenvalue weighted by Gasteiger charge is -2.39. The summed E-state index contributed by atoms with van der Waals surface area (Å²) in [6.45, 7) is 4.52. The number of hydrogen-bond acceptors (Lipinski definition) is 3. The highest BCUT2D eigenvalue weighted by atomic mass is 32.1. The van der Waals surface area contributed by atoms with Gasteiger partial charge in [-0.25, -0.2) is 0 Å². The quantitative estimate of drug-likeness (QED) is 0.495. The van der Waals surface area contributed by atoms with Gasteiger partial charge in [0, 0.05) is 37.9 Å². The SMILES string of the molecule is FC(F)(F)c1cc(NC(=S)N2CCCCC2CCN2CCOCC2)cc(C(F)(F)F)c1. The van der Waals surface area contributed by atoms with E-state index in [-0.39, 0.29) is 22.9 Å². The van der Waals surface area contributed by atoms with Gasteiger partial charge in [-0.3, -0.25) is 4.90 Å². The van der Waals surface area contributed by atoms with Crippen molar-refractivity contribution in [3.05, 3.63) is 29.3 Å². The number of hydrogen-bond donors (Lipinski definition) is 1. The zero-order chi connectivity index (χ0) is 22.6. The molecule has 2 aliphatic heterocycles. The van der Waals surface area contributed by atoms with Crippen LogP contribution < -0.4 is 5.32 Å². The number of morpholine rings is 1. The number of halogens is 6. The molecule has 2 saturated heterocycles. The van der Waals surface area contributed by atoms with Crippen LogP contribution in [-0.2, 0) is 17.1 Å². The van der Waals surface area contributed by atoms with E-state index < -0.39 is 23.5 Å². The first-order chi connectivity index (χ1) is 14.5. The summed E-state index contributed by atoms with van der Waals surface area (Å²) in [4.78, 5) is 4.18. The second kappa shape index (κ2) is 9.91. The largest absolute Gasteiger partial charge is 0.416 e. The fraction of sp³-hybridized carbons (Fsp3) is 0.650. The molecule has 3 rings (SSSR count). The summed E-state index contributed by atoms with van der Waals surface area (Å²) in [6, 6.07) is 1.52. The molecule has 31 heavy (non-hydrogen) atoms. The lowest BCUT2D eigenvalue weighted by molar-refractivity contribution is -0.143. The van der Waals surface area contributed by atoms with Crippen molar-refractivity contribution in [1.29, 1.82) is 0 Å². The number of nitrogens with zero attached hydrogens (tertiary/aromatic N) is 2. The zero-order valence-electron chi connectivity index (χ0n) is 16.9. The Morgan fingerprint density at radius 3 is 2.16 bits per heavy atom. The second-order valence-electron chi connectivity index (χ2n) is 7.81. The molecule has 0 amide bonds. The molecule has 1 aromatic rings. The molecular weight excluding hydrogens is 444 g/mol. The van der Waals surface area contributed by atoms with Crippen molar-refractivity contribution in [2.75, 3.05) is 44.7 Å². The predicted octanol–water partition coefficient (Wildman–Crippen LogP) is 5.00. The van der Waals surface area contributed by atoms with Gasteiger partial charge in [-0.1, -0.05) is 0 Å². The highest BCUT2D eigenvalue weighted by molar-refractivity contribution is 7.80. The van der Waals surface area contributed by atoms with Gasteiger partial charge >= 0.3 is 12.4 Å². The monoisotopic (exact) mass is 469 g/mol. The first-order valence-electron chi connectivity index (χ1n) is 10.2. The Labute approximate surface area is 182 Å². The van der Waals surface area contributed by atoms with Gasteiger partial charge < -0.3 is 15.0 Å². The number of nitrogens with one attached hydrogen (secondary N) is 1. The van der Waals surface area contributed by atoms with Crippen LogP contribution in [0.2, 0.25) is 0 Å². The van der Waals surface area contributed by atoms with Gasteiger partial charge in [0.15, 0.2) is 5.11 Å². The van der Waals surface area contributed by atoms with Gasteiger partial charge in [0.25, 0.3) is 0 Å². The Hall–Kier alpha value is -1.59. The van der Waals surface area contributed by atoms with E-state index >= 15 is 0 Å². The predicted molar refractivity (Wildman–Crippen MR) is 109 cm³/mol. The van der Waals surface area contributed by atoms with Crippen LogP contribution >= 0.6 is 12.2 Å². The van der Waals surface area contributed by atoms with Crippen LogP contribution in [0, 0.1) is 0 Å². The average Bonchev–Trinajstić information content (AvgIpc) is 2.71. The smallest absolute Gasteiger partial charge is 0.379 e. The topological polar surface area (TPSA) is 27.7 Å². The molecule has 2 fully saturated rings.